The molecule has 2 nitrogen and oxygen atoms in total. The molecule has 0 aliphatic heterocycles. The van der Waals surface area contributed by atoms with E-state index in [0.717, 1.165) is 6.42 Å². The van der Waals surface area contributed by atoms with Gasteiger partial charge in [0.25, 0.3) is 0 Å². The van der Waals surface area contributed by atoms with Gasteiger partial charge in [-0.2, -0.15) is 13.2 Å². The van der Waals surface area contributed by atoms with E-state index in [9.17, 15) is 13.2 Å². The van der Waals surface area contributed by atoms with Gasteiger partial charge in [-0.3, -0.25) is 0 Å². The Bertz CT molecular complexity index is 202. The highest BCUT2D eigenvalue weighted by Gasteiger charge is 2.38. The molecule has 5 heteroatoms. The van der Waals surface area contributed by atoms with Gasteiger partial charge in [-0.05, 0) is 25.9 Å². The second-order valence-corrected chi connectivity index (χ2v) is 4.76. The van der Waals surface area contributed by atoms with Gasteiger partial charge >= 0.3 is 6.18 Å². The van der Waals surface area contributed by atoms with Crippen LogP contribution in [-0.4, -0.2) is 42.4 Å². The highest BCUT2D eigenvalue weighted by Crippen LogP contribution is 2.27. The second kappa shape index (κ2) is 5.87. The van der Waals surface area contributed by atoms with Crippen molar-refractivity contribution in [3.05, 3.63) is 0 Å². The maximum atomic E-state index is 12.1. The minimum absolute atomic E-state index is 0.323. The Kier molecular flexibility index (Phi) is 5.05. The molecule has 0 saturated heterocycles. The first-order valence-electron chi connectivity index (χ1n) is 5.83. The van der Waals surface area contributed by atoms with E-state index in [0.29, 0.717) is 12.5 Å². The summed E-state index contributed by atoms with van der Waals surface area (Å²) in [6.45, 7) is 0.314. The lowest BCUT2D eigenvalue weighted by Gasteiger charge is -2.23. The number of halogens is 3. The summed E-state index contributed by atoms with van der Waals surface area (Å²) in [5, 5.41) is 8.88. The summed E-state index contributed by atoms with van der Waals surface area (Å²) >= 11 is 0. The molecule has 0 aromatic rings. The van der Waals surface area contributed by atoms with E-state index in [1.165, 1.54) is 25.7 Å². The Morgan fingerprint density at radius 2 is 1.88 bits per heavy atom. The predicted molar refractivity (Wildman–Crippen MR) is 56.1 cm³/mol. The van der Waals surface area contributed by atoms with Crippen LogP contribution in [0.2, 0.25) is 0 Å². The van der Waals surface area contributed by atoms with E-state index < -0.39 is 12.3 Å². The fourth-order valence-electron chi connectivity index (χ4n) is 2.19. The van der Waals surface area contributed by atoms with Crippen LogP contribution in [0, 0.1) is 5.92 Å². The Morgan fingerprint density at radius 1 is 1.31 bits per heavy atom. The minimum Gasteiger partial charge on any atom is -0.382 e. The van der Waals surface area contributed by atoms with E-state index in [4.69, 9.17) is 5.11 Å². The minimum atomic E-state index is -4.50. The molecule has 1 fully saturated rings. The monoisotopic (exact) mass is 239 g/mol. The van der Waals surface area contributed by atoms with Crippen molar-refractivity contribution in [2.45, 2.75) is 44.4 Å². The van der Waals surface area contributed by atoms with Gasteiger partial charge in [0.2, 0.25) is 0 Å². The number of likely N-dealkylation sites (N-methyl/N-ethyl adjacent to an activating group) is 1. The standard InChI is InChI=1S/C11H20F3NO/c1-15(8-10(16)11(12,13)14)7-6-9-4-2-3-5-9/h9-10,16H,2-8H2,1H3. The van der Waals surface area contributed by atoms with E-state index in [-0.39, 0.29) is 6.54 Å². The van der Waals surface area contributed by atoms with Gasteiger partial charge in [-0.1, -0.05) is 25.7 Å². The molecular formula is C11H20F3NO. The lowest BCUT2D eigenvalue weighted by molar-refractivity contribution is -0.207. The van der Waals surface area contributed by atoms with Crippen molar-refractivity contribution in [3.8, 4) is 0 Å². The molecule has 0 bridgehead atoms. The van der Waals surface area contributed by atoms with Crippen molar-refractivity contribution in [2.75, 3.05) is 20.1 Å². The SMILES string of the molecule is CN(CCC1CCCC1)CC(O)C(F)(F)F. The van der Waals surface area contributed by atoms with Crippen molar-refractivity contribution in [1.29, 1.82) is 0 Å². The molecule has 0 aromatic heterocycles. The highest BCUT2D eigenvalue weighted by atomic mass is 19.4. The first-order valence-corrected chi connectivity index (χ1v) is 5.83. The lowest BCUT2D eigenvalue weighted by atomic mass is 10.0. The number of aliphatic hydroxyl groups is 1. The molecule has 1 saturated carbocycles. The number of hydrogen-bond acceptors (Lipinski definition) is 2. The zero-order chi connectivity index (χ0) is 12.2. The topological polar surface area (TPSA) is 23.5 Å². The molecule has 1 atom stereocenters. The largest absolute Gasteiger partial charge is 0.415 e. The molecule has 0 spiro atoms. The highest BCUT2D eigenvalue weighted by molar-refractivity contribution is 4.72. The van der Waals surface area contributed by atoms with Gasteiger partial charge in [0.1, 0.15) is 0 Å². The molecule has 1 N–H and O–H groups in total. The van der Waals surface area contributed by atoms with Crippen LogP contribution in [0.25, 0.3) is 0 Å². The van der Waals surface area contributed by atoms with Crippen LogP contribution in [-0.2, 0) is 0 Å². The first-order chi connectivity index (χ1) is 7.39. The van der Waals surface area contributed by atoms with Gasteiger partial charge in [-0.15, -0.1) is 0 Å². The Hall–Kier alpha value is -0.290. The first kappa shape index (κ1) is 13.8. The summed E-state index contributed by atoms with van der Waals surface area (Å²) < 4.78 is 36.2. The molecule has 16 heavy (non-hydrogen) atoms. The quantitative estimate of drug-likeness (QED) is 0.796. The summed E-state index contributed by atoms with van der Waals surface area (Å²) in [5.41, 5.74) is 0. The summed E-state index contributed by atoms with van der Waals surface area (Å²) in [6, 6.07) is 0. The molecule has 0 amide bonds. The molecule has 0 heterocycles. The zero-order valence-corrected chi connectivity index (χ0v) is 9.63. The molecule has 1 aliphatic carbocycles. The zero-order valence-electron chi connectivity index (χ0n) is 9.63. The van der Waals surface area contributed by atoms with Gasteiger partial charge < -0.3 is 10.0 Å². The van der Waals surface area contributed by atoms with Crippen LogP contribution in [0.4, 0.5) is 13.2 Å². The lowest BCUT2D eigenvalue weighted by Crippen LogP contribution is -2.39. The molecule has 96 valence electrons. The number of rotatable bonds is 5. The van der Waals surface area contributed by atoms with E-state index >= 15 is 0 Å². The van der Waals surface area contributed by atoms with Crippen molar-refractivity contribution in [1.82, 2.24) is 4.90 Å². The maximum absolute atomic E-state index is 12.1. The van der Waals surface area contributed by atoms with Crippen molar-refractivity contribution < 1.29 is 18.3 Å². The van der Waals surface area contributed by atoms with E-state index in [1.54, 1.807) is 11.9 Å². The molecule has 1 aliphatic rings. The molecule has 1 rings (SSSR count). The summed E-state index contributed by atoms with van der Waals surface area (Å²) in [5.74, 6) is 0.672. The molecule has 0 radical (unpaired) electrons. The smallest absolute Gasteiger partial charge is 0.382 e. The average molecular weight is 239 g/mol. The van der Waals surface area contributed by atoms with Crippen LogP contribution >= 0.6 is 0 Å². The van der Waals surface area contributed by atoms with Crippen LogP contribution in [0.3, 0.4) is 0 Å². The number of nitrogens with zero attached hydrogens (tertiary/aromatic N) is 1. The van der Waals surface area contributed by atoms with Gasteiger partial charge in [0.15, 0.2) is 6.10 Å². The predicted octanol–water partition coefficient (Wildman–Crippen LogP) is 2.42. The summed E-state index contributed by atoms with van der Waals surface area (Å²) in [6.07, 6.45) is -0.867. The third kappa shape index (κ3) is 4.70. The van der Waals surface area contributed by atoms with Gasteiger partial charge in [0.05, 0.1) is 0 Å². The van der Waals surface area contributed by atoms with Crippen LogP contribution in [0.15, 0.2) is 0 Å². The third-order valence-electron chi connectivity index (χ3n) is 3.26. The summed E-state index contributed by atoms with van der Waals surface area (Å²) in [4.78, 5) is 1.57. The molecular weight excluding hydrogens is 219 g/mol. The van der Waals surface area contributed by atoms with Crippen LogP contribution in [0.5, 0.6) is 0 Å². The number of aliphatic hydroxyl groups excluding tert-OH is 1. The van der Waals surface area contributed by atoms with Gasteiger partial charge in [0, 0.05) is 6.54 Å². The Morgan fingerprint density at radius 3 is 2.38 bits per heavy atom. The fraction of sp³-hybridized carbons (Fsp3) is 1.00. The van der Waals surface area contributed by atoms with E-state index in [1.807, 2.05) is 0 Å². The van der Waals surface area contributed by atoms with Crippen molar-refractivity contribution in [3.63, 3.8) is 0 Å². The van der Waals surface area contributed by atoms with Gasteiger partial charge in [-0.25, -0.2) is 0 Å². The Labute approximate surface area is 94.4 Å². The molecule has 1 unspecified atom stereocenters. The molecule has 0 aromatic carbocycles. The normalized spacial score (nSPS) is 20.6. The average Bonchev–Trinajstić information content (AvgIpc) is 2.65. The van der Waals surface area contributed by atoms with Crippen LogP contribution < -0.4 is 0 Å². The fourth-order valence-corrected chi connectivity index (χ4v) is 2.19. The van der Waals surface area contributed by atoms with Crippen molar-refractivity contribution in [2.24, 2.45) is 5.92 Å². The maximum Gasteiger partial charge on any atom is 0.415 e. The number of alkyl halides is 3. The Balaban J connectivity index is 2.17. The van der Waals surface area contributed by atoms with Crippen molar-refractivity contribution >= 4 is 0 Å². The van der Waals surface area contributed by atoms with E-state index in [2.05, 4.69) is 0 Å². The number of hydrogen-bond donors (Lipinski definition) is 1. The summed E-state index contributed by atoms with van der Waals surface area (Å²) in [7, 11) is 1.63. The van der Waals surface area contributed by atoms with Crippen LogP contribution in [0.1, 0.15) is 32.1 Å². The second-order valence-electron chi connectivity index (χ2n) is 4.76. The third-order valence-corrected chi connectivity index (χ3v) is 3.26.